The van der Waals surface area contributed by atoms with E-state index in [1.807, 2.05) is 24.3 Å². The van der Waals surface area contributed by atoms with Crippen molar-refractivity contribution in [2.24, 2.45) is 5.73 Å². The quantitative estimate of drug-likeness (QED) is 0.905. The van der Waals surface area contributed by atoms with Crippen molar-refractivity contribution in [3.8, 4) is 0 Å². The van der Waals surface area contributed by atoms with Gasteiger partial charge in [-0.05, 0) is 24.3 Å². The number of imidazole rings is 1. The highest BCUT2D eigenvalue weighted by molar-refractivity contribution is 9.10. The summed E-state index contributed by atoms with van der Waals surface area (Å²) in [5.74, 6) is -0.229. The third-order valence-electron chi connectivity index (χ3n) is 2.36. The van der Waals surface area contributed by atoms with Gasteiger partial charge in [0, 0.05) is 29.4 Å². The van der Waals surface area contributed by atoms with Crippen molar-refractivity contribution in [1.82, 2.24) is 9.55 Å². The second-order valence-electron chi connectivity index (χ2n) is 3.75. The van der Waals surface area contributed by atoms with Gasteiger partial charge in [-0.1, -0.05) is 15.9 Å². The van der Waals surface area contributed by atoms with Crippen molar-refractivity contribution in [3.63, 3.8) is 0 Å². The first-order valence-electron chi connectivity index (χ1n) is 5.48. The molecule has 0 aliphatic heterocycles. The molecule has 0 unspecified atom stereocenters. The van der Waals surface area contributed by atoms with Crippen LogP contribution >= 0.6 is 15.9 Å². The molecule has 0 aliphatic rings. The number of anilines is 1. The lowest BCUT2D eigenvalue weighted by Crippen LogP contribution is -2.12. The molecule has 1 aromatic heterocycles. The van der Waals surface area contributed by atoms with Gasteiger partial charge in [0.05, 0.1) is 6.33 Å². The first-order chi connectivity index (χ1) is 8.69. The average molecular weight is 309 g/mol. The Morgan fingerprint density at radius 3 is 2.78 bits per heavy atom. The smallest absolute Gasteiger partial charge is 0.275 e. The van der Waals surface area contributed by atoms with E-state index in [1.54, 1.807) is 17.1 Å². The molecule has 0 fully saturated rings. The highest BCUT2D eigenvalue weighted by atomic mass is 79.9. The van der Waals surface area contributed by atoms with Crippen molar-refractivity contribution < 1.29 is 4.79 Å². The van der Waals surface area contributed by atoms with E-state index >= 15 is 0 Å². The number of hydrogen-bond donors (Lipinski definition) is 2. The summed E-state index contributed by atoms with van der Waals surface area (Å²) in [6, 6.07) is 7.36. The number of carbonyl (C=O) groups is 1. The Morgan fingerprint density at radius 2 is 2.11 bits per heavy atom. The van der Waals surface area contributed by atoms with E-state index in [9.17, 15) is 4.79 Å². The maximum Gasteiger partial charge on any atom is 0.275 e. The number of carbonyl (C=O) groups excluding carboxylic acids is 1. The molecule has 2 rings (SSSR count). The van der Waals surface area contributed by atoms with Crippen LogP contribution in [0.3, 0.4) is 0 Å². The first kappa shape index (κ1) is 12.8. The maximum atomic E-state index is 11.9. The minimum atomic E-state index is -0.229. The predicted molar refractivity (Wildman–Crippen MR) is 73.4 cm³/mol. The Bertz CT molecular complexity index is 535. The largest absolute Gasteiger partial charge is 0.335 e. The molecule has 18 heavy (non-hydrogen) atoms. The molecule has 94 valence electrons. The van der Waals surface area contributed by atoms with Crippen LogP contribution in [0.4, 0.5) is 5.69 Å². The van der Waals surface area contributed by atoms with E-state index in [4.69, 9.17) is 5.73 Å². The van der Waals surface area contributed by atoms with E-state index < -0.39 is 0 Å². The lowest BCUT2D eigenvalue weighted by atomic mass is 10.3. The molecule has 1 aromatic carbocycles. The number of halogens is 1. The van der Waals surface area contributed by atoms with Crippen molar-refractivity contribution in [2.45, 2.75) is 6.54 Å². The van der Waals surface area contributed by atoms with Gasteiger partial charge in [-0.15, -0.1) is 0 Å². The van der Waals surface area contributed by atoms with Gasteiger partial charge in [0.2, 0.25) is 0 Å². The van der Waals surface area contributed by atoms with E-state index in [0.29, 0.717) is 18.8 Å². The second-order valence-corrected chi connectivity index (χ2v) is 4.66. The fraction of sp³-hybridized carbons (Fsp3) is 0.167. The van der Waals surface area contributed by atoms with Crippen LogP contribution in [0.2, 0.25) is 0 Å². The average Bonchev–Trinajstić information content (AvgIpc) is 2.81. The van der Waals surface area contributed by atoms with Crippen LogP contribution in [0.25, 0.3) is 0 Å². The molecule has 0 bridgehead atoms. The monoisotopic (exact) mass is 308 g/mol. The molecular formula is C12H13BrN4O. The van der Waals surface area contributed by atoms with Gasteiger partial charge in [0.15, 0.2) is 0 Å². The maximum absolute atomic E-state index is 11.9. The summed E-state index contributed by atoms with van der Waals surface area (Å²) in [7, 11) is 0. The molecule has 0 aliphatic carbocycles. The number of nitrogens with one attached hydrogen (secondary N) is 1. The number of hydrogen-bond acceptors (Lipinski definition) is 3. The van der Waals surface area contributed by atoms with Crippen LogP contribution in [0.15, 0.2) is 41.3 Å². The molecule has 2 aromatic rings. The Balaban J connectivity index is 2.04. The summed E-state index contributed by atoms with van der Waals surface area (Å²) in [5.41, 5.74) is 6.54. The summed E-state index contributed by atoms with van der Waals surface area (Å²) in [6.07, 6.45) is 3.28. The molecule has 6 heteroatoms. The highest BCUT2D eigenvalue weighted by Gasteiger charge is 2.09. The van der Waals surface area contributed by atoms with Gasteiger partial charge in [0.25, 0.3) is 5.91 Å². The van der Waals surface area contributed by atoms with Crippen molar-refractivity contribution in [1.29, 1.82) is 0 Å². The molecular weight excluding hydrogens is 296 g/mol. The van der Waals surface area contributed by atoms with E-state index in [0.717, 1.165) is 10.2 Å². The molecule has 3 N–H and O–H groups in total. The van der Waals surface area contributed by atoms with Crippen molar-refractivity contribution >= 4 is 27.5 Å². The van der Waals surface area contributed by atoms with Crippen LogP contribution in [-0.2, 0) is 6.54 Å². The lowest BCUT2D eigenvalue weighted by molar-refractivity contribution is 0.102. The Kier molecular flexibility index (Phi) is 4.11. The number of nitrogens with zero attached hydrogens (tertiary/aromatic N) is 2. The fourth-order valence-electron chi connectivity index (χ4n) is 1.48. The van der Waals surface area contributed by atoms with Gasteiger partial charge in [-0.3, -0.25) is 4.79 Å². The normalized spacial score (nSPS) is 10.3. The molecule has 1 heterocycles. The van der Waals surface area contributed by atoms with Crippen molar-refractivity contribution in [3.05, 3.63) is 47.0 Å². The van der Waals surface area contributed by atoms with Gasteiger partial charge in [0.1, 0.15) is 5.69 Å². The Labute approximate surface area is 113 Å². The van der Waals surface area contributed by atoms with Gasteiger partial charge in [-0.2, -0.15) is 0 Å². The van der Waals surface area contributed by atoms with Gasteiger partial charge >= 0.3 is 0 Å². The molecule has 1 amide bonds. The molecule has 0 saturated heterocycles. The number of amides is 1. The van der Waals surface area contributed by atoms with E-state index in [2.05, 4.69) is 26.2 Å². The predicted octanol–water partition coefficient (Wildman–Crippen LogP) is 1.86. The van der Waals surface area contributed by atoms with Gasteiger partial charge < -0.3 is 15.6 Å². The van der Waals surface area contributed by atoms with Crippen LogP contribution in [0, 0.1) is 0 Å². The molecule has 0 atom stereocenters. The second kappa shape index (κ2) is 5.79. The summed E-state index contributed by atoms with van der Waals surface area (Å²) < 4.78 is 2.75. The fourth-order valence-corrected chi connectivity index (χ4v) is 1.74. The van der Waals surface area contributed by atoms with E-state index in [-0.39, 0.29) is 5.91 Å². The SMILES string of the molecule is NCCn1cnc(C(=O)Nc2ccc(Br)cc2)c1. The molecule has 0 spiro atoms. The minimum Gasteiger partial charge on any atom is -0.335 e. The minimum absolute atomic E-state index is 0.229. The van der Waals surface area contributed by atoms with E-state index in [1.165, 1.54) is 0 Å². The summed E-state index contributed by atoms with van der Waals surface area (Å²) >= 11 is 3.34. The first-order valence-corrected chi connectivity index (χ1v) is 6.27. The molecule has 5 nitrogen and oxygen atoms in total. The number of aromatic nitrogens is 2. The zero-order valence-corrected chi connectivity index (χ0v) is 11.2. The third kappa shape index (κ3) is 3.18. The van der Waals surface area contributed by atoms with Crippen LogP contribution < -0.4 is 11.1 Å². The van der Waals surface area contributed by atoms with Crippen LogP contribution in [0.5, 0.6) is 0 Å². The zero-order valence-electron chi connectivity index (χ0n) is 9.64. The van der Waals surface area contributed by atoms with Crippen LogP contribution in [0.1, 0.15) is 10.5 Å². The van der Waals surface area contributed by atoms with Crippen LogP contribution in [-0.4, -0.2) is 22.0 Å². The lowest BCUT2D eigenvalue weighted by Gasteiger charge is -2.02. The Hall–Kier alpha value is -1.66. The summed E-state index contributed by atoms with van der Waals surface area (Å²) in [6.45, 7) is 1.17. The van der Waals surface area contributed by atoms with Crippen molar-refractivity contribution in [2.75, 3.05) is 11.9 Å². The number of benzene rings is 1. The topological polar surface area (TPSA) is 72.9 Å². The summed E-state index contributed by atoms with van der Waals surface area (Å²) in [5, 5.41) is 2.77. The zero-order chi connectivity index (χ0) is 13.0. The molecule has 0 saturated carbocycles. The third-order valence-corrected chi connectivity index (χ3v) is 2.88. The Morgan fingerprint density at radius 1 is 1.39 bits per heavy atom. The standard InChI is InChI=1S/C12H13BrN4O/c13-9-1-3-10(4-2-9)16-12(18)11-7-17(6-5-14)8-15-11/h1-4,7-8H,5-6,14H2,(H,16,18). The molecule has 0 radical (unpaired) electrons. The van der Waals surface area contributed by atoms with Gasteiger partial charge in [-0.25, -0.2) is 4.98 Å². The number of nitrogens with two attached hydrogens (primary N) is 1. The number of rotatable bonds is 4. The summed E-state index contributed by atoms with van der Waals surface area (Å²) in [4.78, 5) is 15.9. The highest BCUT2D eigenvalue weighted by Crippen LogP contribution is 2.14.